The number of carbonyl (C=O) groups is 2. The molecule has 6 nitrogen and oxygen atoms in total. The van der Waals surface area contributed by atoms with Crippen LogP contribution in [0.3, 0.4) is 0 Å². The number of rotatable bonds is 6. The first-order valence-electron chi connectivity index (χ1n) is 7.35. The van der Waals surface area contributed by atoms with E-state index >= 15 is 0 Å². The van der Waals surface area contributed by atoms with Crippen molar-refractivity contribution in [2.45, 2.75) is 37.9 Å². The largest absolute Gasteiger partial charge is 0.365 e. The molecule has 0 fully saturated rings. The van der Waals surface area contributed by atoms with Gasteiger partial charge in [-0.2, -0.15) is 0 Å². The van der Waals surface area contributed by atoms with Gasteiger partial charge in [0, 0.05) is 4.88 Å². The summed E-state index contributed by atoms with van der Waals surface area (Å²) in [5.74, 6) is -1.53. The third-order valence-electron chi connectivity index (χ3n) is 3.91. The topological polar surface area (TPSA) is 106 Å². The van der Waals surface area contributed by atoms with Crippen LogP contribution in [0.5, 0.6) is 0 Å². The van der Waals surface area contributed by atoms with Gasteiger partial charge in [-0.25, -0.2) is 8.42 Å². The zero-order chi connectivity index (χ0) is 17.2. The Labute approximate surface area is 139 Å². The van der Waals surface area contributed by atoms with Crippen molar-refractivity contribution in [1.29, 1.82) is 0 Å². The number of amides is 2. The normalized spacial score (nSPS) is 15.5. The van der Waals surface area contributed by atoms with E-state index in [2.05, 4.69) is 11.9 Å². The molecular weight excluding hydrogens is 336 g/mol. The molecule has 1 aliphatic carbocycles. The maximum atomic E-state index is 12.3. The van der Waals surface area contributed by atoms with Crippen molar-refractivity contribution in [1.82, 2.24) is 0 Å². The summed E-state index contributed by atoms with van der Waals surface area (Å²) in [5.41, 5.74) is 6.67. The summed E-state index contributed by atoms with van der Waals surface area (Å²) < 4.78 is 23.9. The second-order valence-corrected chi connectivity index (χ2v) is 9.00. The Balaban J connectivity index is 2.30. The SMILES string of the molecule is C=CCS(=O)(=O)C(C)C(=O)Nc1sc2c(c1C(N)=O)CCCC2. The number of hydrogen-bond donors (Lipinski definition) is 2. The maximum absolute atomic E-state index is 12.3. The van der Waals surface area contributed by atoms with E-state index in [1.807, 2.05) is 0 Å². The number of fused-ring (bicyclic) bond motifs is 1. The number of primary amides is 1. The smallest absolute Gasteiger partial charge is 0.251 e. The van der Waals surface area contributed by atoms with Crippen molar-refractivity contribution in [3.8, 4) is 0 Å². The highest BCUT2D eigenvalue weighted by molar-refractivity contribution is 7.92. The van der Waals surface area contributed by atoms with Gasteiger partial charge in [-0.05, 0) is 38.2 Å². The second-order valence-electron chi connectivity index (χ2n) is 5.53. The van der Waals surface area contributed by atoms with Gasteiger partial charge in [0.1, 0.15) is 10.3 Å². The molecule has 0 saturated carbocycles. The number of sulfone groups is 1. The van der Waals surface area contributed by atoms with E-state index in [1.54, 1.807) is 0 Å². The number of nitrogens with one attached hydrogen (secondary N) is 1. The molecule has 1 aliphatic rings. The lowest BCUT2D eigenvalue weighted by Gasteiger charge is -2.12. The second kappa shape index (κ2) is 6.84. The molecule has 0 saturated heterocycles. The zero-order valence-electron chi connectivity index (χ0n) is 12.9. The quantitative estimate of drug-likeness (QED) is 0.756. The van der Waals surface area contributed by atoms with E-state index in [9.17, 15) is 18.0 Å². The molecule has 0 aliphatic heterocycles. The van der Waals surface area contributed by atoms with E-state index in [0.717, 1.165) is 36.1 Å². The van der Waals surface area contributed by atoms with Gasteiger partial charge in [-0.3, -0.25) is 9.59 Å². The predicted octanol–water partition coefficient (Wildman–Crippen LogP) is 1.65. The van der Waals surface area contributed by atoms with Crippen molar-refractivity contribution in [2.75, 3.05) is 11.1 Å². The molecule has 0 aromatic carbocycles. The van der Waals surface area contributed by atoms with Crippen molar-refractivity contribution >= 4 is 38.0 Å². The summed E-state index contributed by atoms with van der Waals surface area (Å²) in [7, 11) is -3.61. The number of carbonyl (C=O) groups excluding carboxylic acids is 2. The fraction of sp³-hybridized carbons (Fsp3) is 0.467. The highest BCUT2D eigenvalue weighted by atomic mass is 32.2. The lowest BCUT2D eigenvalue weighted by atomic mass is 9.95. The first kappa shape index (κ1) is 17.7. The minimum atomic E-state index is -3.61. The molecule has 126 valence electrons. The van der Waals surface area contributed by atoms with Crippen LogP contribution in [0.25, 0.3) is 0 Å². The fourth-order valence-corrected chi connectivity index (χ4v) is 4.90. The Morgan fingerprint density at radius 1 is 1.39 bits per heavy atom. The Kier molecular flexibility index (Phi) is 5.26. The molecule has 23 heavy (non-hydrogen) atoms. The Hall–Kier alpha value is -1.67. The first-order chi connectivity index (χ1) is 10.8. The summed E-state index contributed by atoms with van der Waals surface area (Å²) in [6.07, 6.45) is 4.85. The highest BCUT2D eigenvalue weighted by Crippen LogP contribution is 2.38. The summed E-state index contributed by atoms with van der Waals surface area (Å²) in [5, 5.41) is 1.71. The fourth-order valence-electron chi connectivity index (χ4n) is 2.60. The van der Waals surface area contributed by atoms with Crippen LogP contribution in [0.1, 0.15) is 40.6 Å². The molecule has 0 spiro atoms. The van der Waals surface area contributed by atoms with Crippen molar-refractivity contribution < 1.29 is 18.0 Å². The van der Waals surface area contributed by atoms with E-state index in [4.69, 9.17) is 5.73 Å². The van der Waals surface area contributed by atoms with Crippen LogP contribution in [0, 0.1) is 0 Å². The van der Waals surface area contributed by atoms with Crippen molar-refractivity contribution in [3.63, 3.8) is 0 Å². The van der Waals surface area contributed by atoms with Gasteiger partial charge in [-0.15, -0.1) is 17.9 Å². The monoisotopic (exact) mass is 356 g/mol. The number of aryl methyl sites for hydroxylation is 1. The number of hydrogen-bond acceptors (Lipinski definition) is 5. The number of thiophene rings is 1. The van der Waals surface area contributed by atoms with Gasteiger partial charge in [-0.1, -0.05) is 6.08 Å². The third kappa shape index (κ3) is 3.64. The third-order valence-corrected chi connectivity index (χ3v) is 7.11. The molecule has 0 radical (unpaired) electrons. The molecular formula is C15H20N2O4S2. The summed E-state index contributed by atoms with van der Waals surface area (Å²) in [6, 6.07) is 0. The van der Waals surface area contributed by atoms with Crippen molar-refractivity contribution in [2.24, 2.45) is 5.73 Å². The van der Waals surface area contributed by atoms with Gasteiger partial charge >= 0.3 is 0 Å². The lowest BCUT2D eigenvalue weighted by molar-refractivity contribution is -0.115. The van der Waals surface area contributed by atoms with Crippen LogP contribution in [0.4, 0.5) is 5.00 Å². The average Bonchev–Trinajstić information content (AvgIpc) is 2.84. The summed E-state index contributed by atoms with van der Waals surface area (Å²) in [4.78, 5) is 25.0. The van der Waals surface area contributed by atoms with Gasteiger partial charge < -0.3 is 11.1 Å². The van der Waals surface area contributed by atoms with Gasteiger partial charge in [0.2, 0.25) is 5.91 Å². The van der Waals surface area contributed by atoms with Crippen molar-refractivity contribution in [3.05, 3.63) is 28.7 Å². The molecule has 1 aromatic heterocycles. The van der Waals surface area contributed by atoms with E-state index in [0.29, 0.717) is 10.6 Å². The van der Waals surface area contributed by atoms with Gasteiger partial charge in [0.25, 0.3) is 5.91 Å². The van der Waals surface area contributed by atoms with E-state index < -0.39 is 26.9 Å². The summed E-state index contributed by atoms with van der Waals surface area (Å²) >= 11 is 1.31. The van der Waals surface area contributed by atoms with Crippen LogP contribution in [-0.4, -0.2) is 31.2 Å². The number of nitrogens with two attached hydrogens (primary N) is 1. The van der Waals surface area contributed by atoms with Gasteiger partial charge in [0.05, 0.1) is 11.3 Å². The van der Waals surface area contributed by atoms with Crippen LogP contribution in [-0.2, 0) is 27.5 Å². The Bertz CT molecular complexity index is 750. The molecule has 2 amide bonds. The molecule has 2 rings (SSSR count). The minimum absolute atomic E-state index is 0.273. The Morgan fingerprint density at radius 2 is 2.04 bits per heavy atom. The molecule has 8 heteroatoms. The summed E-state index contributed by atoms with van der Waals surface area (Å²) in [6.45, 7) is 4.71. The van der Waals surface area contributed by atoms with Crippen LogP contribution < -0.4 is 11.1 Å². The average molecular weight is 356 g/mol. The first-order valence-corrected chi connectivity index (χ1v) is 9.88. The predicted molar refractivity (Wildman–Crippen MR) is 91.6 cm³/mol. The van der Waals surface area contributed by atoms with E-state index in [1.165, 1.54) is 24.3 Å². The molecule has 0 bridgehead atoms. The van der Waals surface area contributed by atoms with Crippen LogP contribution in [0.2, 0.25) is 0 Å². The van der Waals surface area contributed by atoms with Crippen LogP contribution >= 0.6 is 11.3 Å². The molecule has 3 N–H and O–H groups in total. The molecule has 1 atom stereocenters. The van der Waals surface area contributed by atoms with Crippen LogP contribution in [0.15, 0.2) is 12.7 Å². The standard InChI is InChI=1S/C15H20N2O4S2/c1-3-8-23(20,21)9(2)14(19)17-15-12(13(16)18)10-6-4-5-7-11(10)22-15/h3,9H,1,4-8H2,2H3,(H2,16,18)(H,17,19). The lowest BCUT2D eigenvalue weighted by Crippen LogP contribution is -2.34. The number of anilines is 1. The maximum Gasteiger partial charge on any atom is 0.251 e. The minimum Gasteiger partial charge on any atom is -0.365 e. The molecule has 1 heterocycles. The highest BCUT2D eigenvalue weighted by Gasteiger charge is 2.30. The zero-order valence-corrected chi connectivity index (χ0v) is 14.6. The van der Waals surface area contributed by atoms with Gasteiger partial charge in [0.15, 0.2) is 9.84 Å². The molecule has 1 unspecified atom stereocenters. The van der Waals surface area contributed by atoms with E-state index in [-0.39, 0.29) is 5.75 Å². The molecule has 1 aromatic rings. The Morgan fingerprint density at radius 3 is 2.65 bits per heavy atom.